The second-order valence-corrected chi connectivity index (χ2v) is 13.9. The van der Waals surface area contributed by atoms with Crippen LogP contribution in [0.5, 0.6) is 0 Å². The Bertz CT molecular complexity index is 1850. The third-order valence-electron chi connectivity index (χ3n) is 8.10. The van der Waals surface area contributed by atoms with Gasteiger partial charge in [-0.3, -0.25) is 9.58 Å². The highest BCUT2D eigenvalue weighted by molar-refractivity contribution is 7.22. The van der Waals surface area contributed by atoms with Crippen LogP contribution in [0.25, 0.3) is 42.8 Å². The molecule has 10 heteroatoms. The second kappa shape index (κ2) is 11.9. The molecule has 0 amide bonds. The number of benzene rings is 3. The molecule has 0 aliphatic carbocycles. The van der Waals surface area contributed by atoms with Gasteiger partial charge in [-0.1, -0.05) is 23.7 Å². The number of carbonyl (C=O) groups is 1. The molecule has 1 N–H and O–H groups in total. The molecule has 1 fully saturated rings. The fraction of sp³-hybridized carbons (Fsp3) is 0.382. The Kier molecular flexibility index (Phi) is 8.28. The van der Waals surface area contributed by atoms with Crippen LogP contribution >= 0.6 is 22.9 Å². The van der Waals surface area contributed by atoms with E-state index in [9.17, 15) is 9.90 Å². The quantitative estimate of drug-likeness (QED) is 0.180. The first-order chi connectivity index (χ1) is 20.9. The maximum atomic E-state index is 12.7. The minimum absolute atomic E-state index is 0.374. The SMILES string of the molecule is COCCN1CC(c2nn(C)c3ccc(-c4nc5cc(C)c(C(OC(C)(C)C)C(=O)O)c(-c6ccc(Cl)cc6)c5s4)cc23)C1. The lowest BCUT2D eigenvalue weighted by atomic mass is 9.91. The lowest BCUT2D eigenvalue weighted by Gasteiger charge is -2.38. The Morgan fingerprint density at radius 3 is 2.50 bits per heavy atom. The summed E-state index contributed by atoms with van der Waals surface area (Å²) in [5.41, 5.74) is 6.47. The molecule has 1 aliphatic rings. The van der Waals surface area contributed by atoms with Gasteiger partial charge in [-0.05, 0) is 75.2 Å². The molecule has 230 valence electrons. The lowest BCUT2D eigenvalue weighted by molar-refractivity contribution is -0.160. The van der Waals surface area contributed by atoms with Gasteiger partial charge in [-0.15, -0.1) is 11.3 Å². The van der Waals surface area contributed by atoms with E-state index >= 15 is 0 Å². The number of hydrogen-bond donors (Lipinski definition) is 1. The fourth-order valence-electron chi connectivity index (χ4n) is 6.04. The van der Waals surface area contributed by atoms with Crippen LogP contribution in [-0.4, -0.2) is 69.7 Å². The molecular weight excluding hydrogens is 596 g/mol. The average Bonchev–Trinajstić information content (AvgIpc) is 3.51. The van der Waals surface area contributed by atoms with E-state index in [4.69, 9.17) is 31.2 Å². The molecule has 1 aliphatic heterocycles. The highest BCUT2D eigenvalue weighted by Gasteiger charge is 2.33. The van der Waals surface area contributed by atoms with Crippen LogP contribution < -0.4 is 0 Å². The molecule has 0 spiro atoms. The number of nitrogens with zero attached hydrogens (tertiary/aromatic N) is 4. The van der Waals surface area contributed by atoms with E-state index in [1.807, 2.05) is 69.8 Å². The molecule has 1 saturated heterocycles. The van der Waals surface area contributed by atoms with Crippen LogP contribution in [-0.2, 0) is 21.3 Å². The van der Waals surface area contributed by atoms with E-state index in [1.165, 1.54) is 0 Å². The number of aromatic nitrogens is 3. The molecule has 1 atom stereocenters. The summed E-state index contributed by atoms with van der Waals surface area (Å²) in [6, 6.07) is 15.9. The van der Waals surface area contributed by atoms with Gasteiger partial charge in [0.15, 0.2) is 6.10 Å². The lowest BCUT2D eigenvalue weighted by Crippen LogP contribution is -2.46. The van der Waals surface area contributed by atoms with E-state index in [2.05, 4.69) is 23.1 Å². The third kappa shape index (κ3) is 5.87. The van der Waals surface area contributed by atoms with Crippen molar-refractivity contribution in [3.8, 4) is 21.7 Å². The number of thiazole rings is 1. The number of fused-ring (bicyclic) bond motifs is 2. The molecule has 44 heavy (non-hydrogen) atoms. The molecule has 0 saturated carbocycles. The first-order valence-electron chi connectivity index (χ1n) is 14.7. The van der Waals surface area contributed by atoms with Gasteiger partial charge in [0.1, 0.15) is 5.01 Å². The van der Waals surface area contributed by atoms with Crippen molar-refractivity contribution in [2.75, 3.05) is 33.4 Å². The Morgan fingerprint density at radius 1 is 1.14 bits per heavy atom. The average molecular weight is 633 g/mol. The number of rotatable bonds is 9. The molecular formula is C34H37ClN4O4S. The number of hydrogen-bond acceptors (Lipinski definition) is 7. The van der Waals surface area contributed by atoms with Crippen LogP contribution in [0.1, 0.15) is 49.6 Å². The number of likely N-dealkylation sites (tertiary alicyclic amines) is 1. The monoisotopic (exact) mass is 632 g/mol. The minimum atomic E-state index is -1.16. The number of ether oxygens (including phenoxy) is 2. The van der Waals surface area contributed by atoms with E-state index in [0.29, 0.717) is 16.5 Å². The summed E-state index contributed by atoms with van der Waals surface area (Å²) in [5.74, 6) is -0.660. The van der Waals surface area contributed by atoms with Crippen molar-refractivity contribution in [2.24, 2.45) is 7.05 Å². The number of aliphatic carboxylic acids is 1. The third-order valence-corrected chi connectivity index (χ3v) is 9.49. The van der Waals surface area contributed by atoms with Crippen LogP contribution in [0.3, 0.4) is 0 Å². The molecule has 3 aromatic carbocycles. The van der Waals surface area contributed by atoms with E-state index < -0.39 is 17.7 Å². The molecule has 3 heterocycles. The Morgan fingerprint density at radius 2 is 1.84 bits per heavy atom. The van der Waals surface area contributed by atoms with Crippen molar-refractivity contribution < 1.29 is 19.4 Å². The summed E-state index contributed by atoms with van der Waals surface area (Å²) in [6.45, 7) is 11.1. The van der Waals surface area contributed by atoms with Gasteiger partial charge >= 0.3 is 5.97 Å². The van der Waals surface area contributed by atoms with Crippen molar-refractivity contribution in [1.29, 1.82) is 0 Å². The summed E-state index contributed by atoms with van der Waals surface area (Å²) >= 11 is 7.82. The van der Waals surface area contributed by atoms with Gasteiger partial charge in [-0.2, -0.15) is 5.10 Å². The first kappa shape index (κ1) is 30.7. The van der Waals surface area contributed by atoms with Gasteiger partial charge < -0.3 is 14.6 Å². The summed E-state index contributed by atoms with van der Waals surface area (Å²) in [7, 11) is 3.73. The zero-order valence-electron chi connectivity index (χ0n) is 25.8. The standard InChI is InChI=1S/C34H37ClN4O4S/c1-19-15-25-31(28(20-7-10-23(35)11-8-20)27(19)30(33(40)41)43-34(2,3)4)44-32(36-25)21-9-12-26-24(16-21)29(37-38(26)5)22-17-39(18-22)13-14-42-6/h7-12,15-16,22,30H,13-14,17-18H2,1-6H3,(H,40,41). The normalized spacial score (nSPS) is 15.2. The minimum Gasteiger partial charge on any atom is -0.479 e. The Hall–Kier alpha value is -3.34. The second-order valence-electron chi connectivity index (χ2n) is 12.5. The van der Waals surface area contributed by atoms with Crippen molar-refractivity contribution >= 4 is 50.0 Å². The Labute approximate surface area is 266 Å². The van der Waals surface area contributed by atoms with Gasteiger partial charge in [0.2, 0.25) is 0 Å². The molecule has 8 nitrogen and oxygen atoms in total. The number of carboxylic acid groups (broad SMARTS) is 1. The van der Waals surface area contributed by atoms with Gasteiger partial charge in [0, 0.05) is 66.8 Å². The topological polar surface area (TPSA) is 89.7 Å². The number of methoxy groups -OCH3 is 1. The zero-order chi connectivity index (χ0) is 31.3. The molecule has 6 rings (SSSR count). The molecule has 2 aromatic heterocycles. The predicted octanol–water partition coefficient (Wildman–Crippen LogP) is 7.47. The van der Waals surface area contributed by atoms with Crippen molar-refractivity contribution in [3.05, 3.63) is 70.4 Å². The van der Waals surface area contributed by atoms with Gasteiger partial charge in [-0.25, -0.2) is 9.78 Å². The predicted molar refractivity (Wildman–Crippen MR) is 177 cm³/mol. The first-order valence-corrected chi connectivity index (χ1v) is 15.9. The number of halogens is 1. The Balaban J connectivity index is 1.48. The van der Waals surface area contributed by atoms with E-state index in [1.54, 1.807) is 18.4 Å². The highest BCUT2D eigenvalue weighted by atomic mass is 35.5. The molecule has 0 bridgehead atoms. The van der Waals surface area contributed by atoms with E-state index in [0.717, 1.165) is 80.3 Å². The smallest absolute Gasteiger partial charge is 0.337 e. The van der Waals surface area contributed by atoms with E-state index in [-0.39, 0.29) is 0 Å². The number of aryl methyl sites for hydroxylation is 2. The maximum Gasteiger partial charge on any atom is 0.337 e. The zero-order valence-corrected chi connectivity index (χ0v) is 27.4. The highest BCUT2D eigenvalue weighted by Crippen LogP contribution is 2.45. The van der Waals surface area contributed by atoms with Gasteiger partial charge in [0.05, 0.1) is 33.6 Å². The summed E-state index contributed by atoms with van der Waals surface area (Å²) in [6.07, 6.45) is -1.16. The van der Waals surface area contributed by atoms with Crippen molar-refractivity contribution in [3.63, 3.8) is 0 Å². The summed E-state index contributed by atoms with van der Waals surface area (Å²) in [5, 5.41) is 17.9. The maximum absolute atomic E-state index is 12.7. The fourth-order valence-corrected chi connectivity index (χ4v) is 7.28. The van der Waals surface area contributed by atoms with Crippen LogP contribution in [0.2, 0.25) is 5.02 Å². The van der Waals surface area contributed by atoms with Crippen molar-refractivity contribution in [2.45, 2.75) is 45.3 Å². The molecule has 1 unspecified atom stereocenters. The summed E-state index contributed by atoms with van der Waals surface area (Å²) in [4.78, 5) is 20.1. The molecule has 0 radical (unpaired) electrons. The van der Waals surface area contributed by atoms with Crippen LogP contribution in [0.15, 0.2) is 48.5 Å². The summed E-state index contributed by atoms with van der Waals surface area (Å²) < 4.78 is 14.3. The molecule has 5 aromatic rings. The van der Waals surface area contributed by atoms with Crippen molar-refractivity contribution in [1.82, 2.24) is 19.7 Å². The van der Waals surface area contributed by atoms with Crippen LogP contribution in [0, 0.1) is 6.92 Å². The van der Waals surface area contributed by atoms with Gasteiger partial charge in [0.25, 0.3) is 0 Å². The number of carboxylic acids is 1. The largest absolute Gasteiger partial charge is 0.479 e. The van der Waals surface area contributed by atoms with Crippen LogP contribution in [0.4, 0.5) is 0 Å².